The predicted octanol–water partition coefficient (Wildman–Crippen LogP) is 6.37. The Morgan fingerprint density at radius 2 is 1.57 bits per heavy atom. The highest BCUT2D eigenvalue weighted by Crippen LogP contribution is 2.33. The molecule has 4 heteroatoms. The van der Waals surface area contributed by atoms with Gasteiger partial charge in [0.1, 0.15) is 11.5 Å². The molecule has 1 aromatic heterocycles. The molecule has 3 nitrogen and oxygen atoms in total. The van der Waals surface area contributed by atoms with Gasteiger partial charge in [-0.2, -0.15) is 0 Å². The molecule has 0 saturated carbocycles. The quantitative estimate of drug-likeness (QED) is 0.407. The molecule has 154 valence electrons. The van der Waals surface area contributed by atoms with E-state index in [9.17, 15) is 0 Å². The summed E-state index contributed by atoms with van der Waals surface area (Å²) in [5.74, 6) is 2.39. The van der Waals surface area contributed by atoms with E-state index in [0.717, 1.165) is 31.1 Å². The molecule has 1 aliphatic rings. The van der Waals surface area contributed by atoms with Crippen LogP contribution in [0.3, 0.4) is 0 Å². The van der Waals surface area contributed by atoms with Crippen LogP contribution in [-0.4, -0.2) is 17.7 Å². The van der Waals surface area contributed by atoms with E-state index in [1.165, 1.54) is 34.9 Å². The summed E-state index contributed by atoms with van der Waals surface area (Å²) in [6, 6.07) is 27.2. The highest BCUT2D eigenvalue weighted by Gasteiger charge is 2.20. The van der Waals surface area contributed by atoms with Crippen LogP contribution >= 0.6 is 12.4 Å². The highest BCUT2D eigenvalue weighted by molar-refractivity contribution is 5.85. The number of halogens is 1. The zero-order valence-corrected chi connectivity index (χ0v) is 17.8. The summed E-state index contributed by atoms with van der Waals surface area (Å²) in [7, 11) is 0. The average Bonchev–Trinajstić information content (AvgIpc) is 3.14. The fraction of sp³-hybridized carbons (Fsp3) is 0.231. The summed E-state index contributed by atoms with van der Waals surface area (Å²) in [5.41, 5.74) is 4.06. The van der Waals surface area contributed by atoms with Gasteiger partial charge in [0.05, 0.1) is 0 Å². The van der Waals surface area contributed by atoms with Gasteiger partial charge in [0.25, 0.3) is 0 Å². The van der Waals surface area contributed by atoms with Crippen molar-refractivity contribution in [2.75, 3.05) is 13.1 Å². The first-order valence-corrected chi connectivity index (χ1v) is 10.5. The van der Waals surface area contributed by atoms with E-state index < -0.39 is 0 Å². The number of ether oxygens (including phenoxy) is 1. The lowest BCUT2D eigenvalue weighted by Crippen LogP contribution is -2.26. The lowest BCUT2D eigenvalue weighted by Gasteiger charge is -2.22. The van der Waals surface area contributed by atoms with Crippen LogP contribution in [0.25, 0.3) is 10.9 Å². The second kappa shape index (κ2) is 9.38. The van der Waals surface area contributed by atoms with Gasteiger partial charge in [0, 0.05) is 23.6 Å². The maximum atomic E-state index is 6.03. The molecule has 1 saturated heterocycles. The number of aromatic nitrogens is 1. The molecule has 1 aliphatic heterocycles. The van der Waals surface area contributed by atoms with E-state index >= 15 is 0 Å². The SMILES string of the molecule is Cl.c1ccc(Oc2cccc(Cn3cc(C4CCNCC4)c4ccccc43)c2)cc1. The summed E-state index contributed by atoms with van der Waals surface area (Å²) in [4.78, 5) is 0. The van der Waals surface area contributed by atoms with E-state index in [2.05, 4.69) is 58.5 Å². The second-order valence-electron chi connectivity index (χ2n) is 7.82. The summed E-state index contributed by atoms with van der Waals surface area (Å²) in [5, 5.41) is 4.88. The molecule has 0 aliphatic carbocycles. The number of hydrogen-bond acceptors (Lipinski definition) is 2. The van der Waals surface area contributed by atoms with Crippen molar-refractivity contribution in [1.29, 1.82) is 0 Å². The first kappa shape index (κ1) is 20.5. The average molecular weight is 419 g/mol. The van der Waals surface area contributed by atoms with E-state index in [-0.39, 0.29) is 12.4 Å². The second-order valence-corrected chi connectivity index (χ2v) is 7.82. The third kappa shape index (κ3) is 4.38. The molecule has 3 aromatic carbocycles. The Labute approximate surface area is 184 Å². The topological polar surface area (TPSA) is 26.2 Å². The van der Waals surface area contributed by atoms with Crippen molar-refractivity contribution in [3.05, 3.63) is 96.2 Å². The molecule has 0 atom stereocenters. The minimum absolute atomic E-state index is 0. The summed E-state index contributed by atoms with van der Waals surface area (Å²) in [6.45, 7) is 3.07. The molecule has 0 bridgehead atoms. The van der Waals surface area contributed by atoms with Crippen LogP contribution in [0.15, 0.2) is 85.1 Å². The van der Waals surface area contributed by atoms with E-state index in [0.29, 0.717) is 5.92 Å². The van der Waals surface area contributed by atoms with Gasteiger partial charge in [-0.3, -0.25) is 0 Å². The molecule has 1 N–H and O–H groups in total. The molecular formula is C26H27ClN2O. The maximum absolute atomic E-state index is 6.03. The normalized spacial score (nSPS) is 14.4. The third-order valence-corrected chi connectivity index (χ3v) is 5.83. The molecule has 0 spiro atoms. The predicted molar refractivity (Wildman–Crippen MR) is 126 cm³/mol. The first-order valence-electron chi connectivity index (χ1n) is 10.5. The van der Waals surface area contributed by atoms with Crippen LogP contribution in [0.5, 0.6) is 11.5 Å². The van der Waals surface area contributed by atoms with Crippen molar-refractivity contribution in [2.24, 2.45) is 0 Å². The van der Waals surface area contributed by atoms with Gasteiger partial charge in [0.2, 0.25) is 0 Å². The number of hydrogen-bond donors (Lipinski definition) is 1. The lowest BCUT2D eigenvalue weighted by molar-refractivity contribution is 0.461. The summed E-state index contributed by atoms with van der Waals surface area (Å²) < 4.78 is 8.43. The Balaban J connectivity index is 0.00000218. The number of nitrogens with one attached hydrogen (secondary N) is 1. The molecule has 1 fully saturated rings. The van der Waals surface area contributed by atoms with Crippen molar-refractivity contribution in [1.82, 2.24) is 9.88 Å². The van der Waals surface area contributed by atoms with Gasteiger partial charge in [-0.15, -0.1) is 12.4 Å². The molecule has 0 unspecified atom stereocenters. The van der Waals surface area contributed by atoms with Crippen LogP contribution in [-0.2, 0) is 6.54 Å². The molecule has 4 aromatic rings. The zero-order chi connectivity index (χ0) is 19.5. The van der Waals surface area contributed by atoms with Gasteiger partial charge >= 0.3 is 0 Å². The van der Waals surface area contributed by atoms with Crippen molar-refractivity contribution in [2.45, 2.75) is 25.3 Å². The molecule has 2 heterocycles. The molecule has 0 radical (unpaired) electrons. The van der Waals surface area contributed by atoms with E-state index in [1.807, 2.05) is 36.4 Å². The number of nitrogens with zero attached hydrogens (tertiary/aromatic N) is 1. The van der Waals surface area contributed by atoms with E-state index in [1.54, 1.807) is 0 Å². The minimum atomic E-state index is 0. The monoisotopic (exact) mass is 418 g/mol. The largest absolute Gasteiger partial charge is 0.457 e. The van der Waals surface area contributed by atoms with Crippen LogP contribution < -0.4 is 10.1 Å². The van der Waals surface area contributed by atoms with Crippen molar-refractivity contribution in [3.8, 4) is 11.5 Å². The van der Waals surface area contributed by atoms with Gasteiger partial charge in [-0.25, -0.2) is 0 Å². The summed E-state index contributed by atoms with van der Waals surface area (Å²) >= 11 is 0. The lowest BCUT2D eigenvalue weighted by atomic mass is 9.90. The fourth-order valence-corrected chi connectivity index (χ4v) is 4.39. The van der Waals surface area contributed by atoms with Crippen molar-refractivity contribution >= 4 is 23.3 Å². The minimum Gasteiger partial charge on any atom is -0.457 e. The first-order chi connectivity index (χ1) is 14.4. The molecule has 30 heavy (non-hydrogen) atoms. The maximum Gasteiger partial charge on any atom is 0.127 e. The Bertz CT molecular complexity index is 1100. The Hall–Kier alpha value is -2.75. The molecular weight excluding hydrogens is 392 g/mol. The van der Waals surface area contributed by atoms with Crippen LogP contribution in [0, 0.1) is 0 Å². The number of para-hydroxylation sites is 2. The van der Waals surface area contributed by atoms with Gasteiger partial charge < -0.3 is 14.6 Å². The van der Waals surface area contributed by atoms with Crippen molar-refractivity contribution < 1.29 is 4.74 Å². The number of rotatable bonds is 5. The van der Waals surface area contributed by atoms with Gasteiger partial charge in [0.15, 0.2) is 0 Å². The smallest absolute Gasteiger partial charge is 0.127 e. The van der Waals surface area contributed by atoms with Crippen LogP contribution in [0.2, 0.25) is 0 Å². The van der Waals surface area contributed by atoms with Crippen LogP contribution in [0.4, 0.5) is 0 Å². The molecule has 0 amide bonds. The zero-order valence-electron chi connectivity index (χ0n) is 17.0. The van der Waals surface area contributed by atoms with Gasteiger partial charge in [-0.1, -0.05) is 48.5 Å². The highest BCUT2D eigenvalue weighted by atomic mass is 35.5. The fourth-order valence-electron chi connectivity index (χ4n) is 4.39. The third-order valence-electron chi connectivity index (χ3n) is 5.83. The van der Waals surface area contributed by atoms with Crippen LogP contribution in [0.1, 0.15) is 29.9 Å². The van der Waals surface area contributed by atoms with Crippen molar-refractivity contribution in [3.63, 3.8) is 0 Å². The standard InChI is InChI=1S/C26H26N2O.ClH/c1-2-8-22(9-3-1)29-23-10-6-7-20(17-23)18-28-19-25(21-13-15-27-16-14-21)24-11-4-5-12-26(24)28;/h1-12,17,19,21,27H,13-16,18H2;1H. The van der Waals surface area contributed by atoms with E-state index in [4.69, 9.17) is 4.74 Å². The Morgan fingerprint density at radius 3 is 2.40 bits per heavy atom. The Morgan fingerprint density at radius 1 is 0.833 bits per heavy atom. The number of piperidine rings is 1. The van der Waals surface area contributed by atoms with Gasteiger partial charge in [-0.05, 0) is 73.3 Å². The Kier molecular flexibility index (Phi) is 6.41. The summed E-state index contributed by atoms with van der Waals surface area (Å²) in [6.07, 6.45) is 4.81. The number of benzene rings is 3. The number of fused-ring (bicyclic) bond motifs is 1. The molecule has 5 rings (SSSR count).